The molecule has 0 saturated heterocycles. The summed E-state index contributed by atoms with van der Waals surface area (Å²) in [6.45, 7) is 4.05. The van der Waals surface area contributed by atoms with Crippen molar-refractivity contribution in [2.75, 3.05) is 25.5 Å². The molecule has 0 aromatic heterocycles. The molecule has 0 unspecified atom stereocenters. The highest BCUT2D eigenvalue weighted by Crippen LogP contribution is 2.18. The Morgan fingerprint density at radius 2 is 1.77 bits per heavy atom. The molecule has 0 heterocycles. The van der Waals surface area contributed by atoms with Crippen molar-refractivity contribution in [1.82, 2.24) is 4.90 Å². The predicted octanol–water partition coefficient (Wildman–Crippen LogP) is 3.29. The van der Waals surface area contributed by atoms with Crippen LogP contribution in [0.25, 0.3) is 0 Å². The van der Waals surface area contributed by atoms with Crippen molar-refractivity contribution in [3.05, 3.63) is 59.7 Å². The van der Waals surface area contributed by atoms with Crippen LogP contribution in [0.2, 0.25) is 0 Å². The second-order valence-corrected chi connectivity index (χ2v) is 6.10. The molecule has 26 heavy (non-hydrogen) atoms. The Hall–Kier alpha value is -2.82. The first-order valence-corrected chi connectivity index (χ1v) is 8.79. The first-order valence-electron chi connectivity index (χ1n) is 8.79. The zero-order valence-electron chi connectivity index (χ0n) is 15.6. The number of nitrogens with zero attached hydrogens (tertiary/aromatic N) is 1. The Morgan fingerprint density at radius 3 is 2.38 bits per heavy atom. The van der Waals surface area contributed by atoms with Gasteiger partial charge >= 0.3 is 0 Å². The van der Waals surface area contributed by atoms with Crippen LogP contribution in [-0.2, 0) is 22.4 Å². The molecule has 2 aromatic carbocycles. The van der Waals surface area contributed by atoms with Gasteiger partial charge in [-0.15, -0.1) is 0 Å². The van der Waals surface area contributed by atoms with E-state index >= 15 is 0 Å². The molecule has 2 rings (SSSR count). The van der Waals surface area contributed by atoms with Crippen LogP contribution >= 0.6 is 0 Å². The van der Waals surface area contributed by atoms with Crippen molar-refractivity contribution in [1.29, 1.82) is 0 Å². The van der Waals surface area contributed by atoms with Gasteiger partial charge in [-0.05, 0) is 42.2 Å². The van der Waals surface area contributed by atoms with E-state index < -0.39 is 0 Å². The summed E-state index contributed by atoms with van der Waals surface area (Å²) in [5, 5.41) is 2.84. The van der Waals surface area contributed by atoms with Crippen LogP contribution in [-0.4, -0.2) is 36.9 Å². The quantitative estimate of drug-likeness (QED) is 0.791. The standard InChI is InChI=1S/C21H26N2O3/c1-4-17-9-11-19(12-10-17)22-21(25)15-23(16(2)24)14-13-18-7-5-6-8-20(18)26-3/h5-12H,4,13-15H2,1-3H3,(H,22,25). The van der Waals surface area contributed by atoms with E-state index in [9.17, 15) is 9.59 Å². The van der Waals surface area contributed by atoms with Crippen LogP contribution < -0.4 is 10.1 Å². The highest BCUT2D eigenvalue weighted by Gasteiger charge is 2.14. The normalized spacial score (nSPS) is 10.3. The minimum absolute atomic E-state index is 0.0278. The molecular formula is C21H26N2O3. The van der Waals surface area contributed by atoms with E-state index in [1.807, 2.05) is 48.5 Å². The summed E-state index contributed by atoms with van der Waals surface area (Å²) in [5.41, 5.74) is 2.96. The van der Waals surface area contributed by atoms with Crippen LogP contribution in [0.5, 0.6) is 5.75 Å². The van der Waals surface area contributed by atoms with Crippen LogP contribution in [0.3, 0.4) is 0 Å². The minimum atomic E-state index is -0.204. The highest BCUT2D eigenvalue weighted by molar-refractivity contribution is 5.94. The molecule has 5 heteroatoms. The topological polar surface area (TPSA) is 58.6 Å². The number of hydrogen-bond acceptors (Lipinski definition) is 3. The van der Waals surface area contributed by atoms with Gasteiger partial charge in [-0.2, -0.15) is 0 Å². The van der Waals surface area contributed by atoms with Crippen LogP contribution in [0.4, 0.5) is 5.69 Å². The minimum Gasteiger partial charge on any atom is -0.496 e. The number of ether oxygens (including phenoxy) is 1. The molecular weight excluding hydrogens is 328 g/mol. The maximum atomic E-state index is 12.3. The van der Waals surface area contributed by atoms with Crippen LogP contribution in [0, 0.1) is 0 Å². The van der Waals surface area contributed by atoms with Gasteiger partial charge in [0, 0.05) is 19.2 Å². The number of aryl methyl sites for hydroxylation is 1. The van der Waals surface area contributed by atoms with E-state index in [1.165, 1.54) is 12.5 Å². The number of carbonyl (C=O) groups excluding carboxylic acids is 2. The monoisotopic (exact) mass is 354 g/mol. The van der Waals surface area contributed by atoms with Gasteiger partial charge < -0.3 is 15.0 Å². The summed E-state index contributed by atoms with van der Waals surface area (Å²) in [6.07, 6.45) is 1.58. The maximum Gasteiger partial charge on any atom is 0.243 e. The highest BCUT2D eigenvalue weighted by atomic mass is 16.5. The molecule has 0 aliphatic rings. The number of anilines is 1. The summed E-state index contributed by atoms with van der Waals surface area (Å²) in [5.74, 6) is 0.456. The first kappa shape index (κ1) is 19.5. The summed E-state index contributed by atoms with van der Waals surface area (Å²) in [6, 6.07) is 15.4. The molecule has 0 aliphatic carbocycles. The average molecular weight is 354 g/mol. The summed E-state index contributed by atoms with van der Waals surface area (Å²) >= 11 is 0. The Bertz CT molecular complexity index is 741. The third-order valence-corrected chi connectivity index (χ3v) is 4.27. The smallest absolute Gasteiger partial charge is 0.243 e. The fourth-order valence-electron chi connectivity index (χ4n) is 2.71. The van der Waals surface area contributed by atoms with Gasteiger partial charge in [0.2, 0.25) is 11.8 Å². The number of methoxy groups -OCH3 is 1. The molecule has 0 aliphatic heterocycles. The van der Waals surface area contributed by atoms with Crippen molar-refractivity contribution in [2.24, 2.45) is 0 Å². The molecule has 1 N–H and O–H groups in total. The lowest BCUT2D eigenvalue weighted by atomic mass is 10.1. The van der Waals surface area contributed by atoms with Gasteiger partial charge in [-0.3, -0.25) is 9.59 Å². The molecule has 0 radical (unpaired) electrons. The second-order valence-electron chi connectivity index (χ2n) is 6.10. The third-order valence-electron chi connectivity index (χ3n) is 4.27. The van der Waals surface area contributed by atoms with Crippen molar-refractivity contribution < 1.29 is 14.3 Å². The maximum absolute atomic E-state index is 12.3. The molecule has 0 saturated carbocycles. The zero-order valence-corrected chi connectivity index (χ0v) is 15.6. The van der Waals surface area contributed by atoms with Gasteiger partial charge in [0.15, 0.2) is 0 Å². The number of para-hydroxylation sites is 1. The first-order chi connectivity index (χ1) is 12.5. The van der Waals surface area contributed by atoms with Gasteiger partial charge in [0.1, 0.15) is 5.75 Å². The van der Waals surface area contributed by atoms with Crippen molar-refractivity contribution >= 4 is 17.5 Å². The zero-order chi connectivity index (χ0) is 18.9. The summed E-state index contributed by atoms with van der Waals surface area (Å²) in [4.78, 5) is 25.7. The number of nitrogens with one attached hydrogen (secondary N) is 1. The molecule has 0 atom stereocenters. The van der Waals surface area contributed by atoms with Crippen molar-refractivity contribution in [3.63, 3.8) is 0 Å². The molecule has 0 bridgehead atoms. The Labute approximate surface area is 155 Å². The average Bonchev–Trinajstić information content (AvgIpc) is 2.65. The molecule has 5 nitrogen and oxygen atoms in total. The molecule has 138 valence electrons. The lowest BCUT2D eigenvalue weighted by molar-refractivity contribution is -0.132. The van der Waals surface area contributed by atoms with E-state index in [0.29, 0.717) is 13.0 Å². The Balaban J connectivity index is 1.94. The number of rotatable bonds is 8. The SMILES string of the molecule is CCc1ccc(NC(=O)CN(CCc2ccccc2OC)C(C)=O)cc1. The lowest BCUT2D eigenvalue weighted by Gasteiger charge is -2.21. The van der Waals surface area contributed by atoms with Crippen molar-refractivity contribution in [2.45, 2.75) is 26.7 Å². The Kier molecular flexibility index (Phi) is 7.21. The predicted molar refractivity (Wildman–Crippen MR) is 103 cm³/mol. The van der Waals surface area contributed by atoms with Crippen LogP contribution in [0.15, 0.2) is 48.5 Å². The summed E-state index contributed by atoms with van der Waals surface area (Å²) < 4.78 is 5.33. The summed E-state index contributed by atoms with van der Waals surface area (Å²) in [7, 11) is 1.62. The van der Waals surface area contributed by atoms with E-state index in [0.717, 1.165) is 23.4 Å². The number of benzene rings is 2. The van der Waals surface area contributed by atoms with E-state index in [4.69, 9.17) is 4.74 Å². The largest absolute Gasteiger partial charge is 0.496 e. The number of hydrogen-bond donors (Lipinski definition) is 1. The molecule has 2 aromatic rings. The van der Waals surface area contributed by atoms with Crippen LogP contribution in [0.1, 0.15) is 25.0 Å². The Morgan fingerprint density at radius 1 is 1.08 bits per heavy atom. The van der Waals surface area contributed by atoms with Gasteiger partial charge in [-0.1, -0.05) is 37.3 Å². The fourth-order valence-corrected chi connectivity index (χ4v) is 2.71. The fraction of sp³-hybridized carbons (Fsp3) is 0.333. The lowest BCUT2D eigenvalue weighted by Crippen LogP contribution is -2.38. The molecule has 0 spiro atoms. The van der Waals surface area contributed by atoms with Crippen molar-refractivity contribution in [3.8, 4) is 5.75 Å². The number of carbonyl (C=O) groups is 2. The molecule has 2 amide bonds. The third kappa shape index (κ3) is 5.62. The van der Waals surface area contributed by atoms with E-state index in [-0.39, 0.29) is 18.4 Å². The van der Waals surface area contributed by atoms with Gasteiger partial charge in [-0.25, -0.2) is 0 Å². The number of amides is 2. The van der Waals surface area contributed by atoms with Gasteiger partial charge in [0.05, 0.1) is 13.7 Å². The van der Waals surface area contributed by atoms with E-state index in [2.05, 4.69) is 12.2 Å². The van der Waals surface area contributed by atoms with Gasteiger partial charge in [0.25, 0.3) is 0 Å². The second kappa shape index (κ2) is 9.61. The molecule has 0 fully saturated rings. The van der Waals surface area contributed by atoms with E-state index in [1.54, 1.807) is 12.0 Å².